The van der Waals surface area contributed by atoms with Crippen LogP contribution in [-0.2, 0) is 6.42 Å². The highest BCUT2D eigenvalue weighted by molar-refractivity contribution is 6.05. The summed E-state index contributed by atoms with van der Waals surface area (Å²) in [6.45, 7) is 2.02. The number of allylic oxidation sites excluding steroid dienone is 4. The van der Waals surface area contributed by atoms with Gasteiger partial charge < -0.3 is 4.42 Å². The van der Waals surface area contributed by atoms with E-state index < -0.39 is 0 Å². The van der Waals surface area contributed by atoms with Gasteiger partial charge in [0.1, 0.15) is 11.2 Å². The lowest BCUT2D eigenvalue weighted by Crippen LogP contribution is -1.80. The van der Waals surface area contributed by atoms with Crippen LogP contribution in [0.4, 0.5) is 0 Å². The molecule has 0 amide bonds. The van der Waals surface area contributed by atoms with Crippen LogP contribution in [0.5, 0.6) is 0 Å². The Hall–Kier alpha value is -2.28. The number of fused-ring (bicyclic) bond motifs is 3. The minimum Gasteiger partial charge on any atom is -0.456 e. The maximum atomic E-state index is 5.99. The van der Waals surface area contributed by atoms with E-state index >= 15 is 0 Å². The summed E-state index contributed by atoms with van der Waals surface area (Å²) in [6, 6.07) is 14.6. The van der Waals surface area contributed by atoms with Crippen molar-refractivity contribution >= 4 is 21.9 Å². The highest BCUT2D eigenvalue weighted by Gasteiger charge is 2.08. The van der Waals surface area contributed by atoms with Crippen molar-refractivity contribution in [3.8, 4) is 0 Å². The van der Waals surface area contributed by atoms with Crippen molar-refractivity contribution in [3.63, 3.8) is 0 Å². The Morgan fingerprint density at radius 3 is 2.68 bits per heavy atom. The first-order valence-corrected chi connectivity index (χ1v) is 6.57. The maximum absolute atomic E-state index is 5.99. The first kappa shape index (κ1) is 11.8. The Morgan fingerprint density at radius 2 is 1.79 bits per heavy atom. The monoisotopic (exact) mass is 248 g/mol. The molecule has 1 aromatic heterocycles. The normalized spacial score (nSPS) is 12.3. The molecule has 0 atom stereocenters. The SMILES string of the molecule is C/C=C\C=C/Cc1cccc2c1oc1ccccc12. The first-order chi connectivity index (χ1) is 9.40. The van der Waals surface area contributed by atoms with Crippen molar-refractivity contribution in [1.82, 2.24) is 0 Å². The predicted octanol–water partition coefficient (Wildman–Crippen LogP) is 5.26. The highest BCUT2D eigenvalue weighted by atomic mass is 16.3. The van der Waals surface area contributed by atoms with Gasteiger partial charge in [0, 0.05) is 10.8 Å². The molecular formula is C18H16O. The van der Waals surface area contributed by atoms with Crippen molar-refractivity contribution in [3.05, 3.63) is 72.3 Å². The second-order valence-corrected chi connectivity index (χ2v) is 4.55. The average molecular weight is 248 g/mol. The van der Waals surface area contributed by atoms with Gasteiger partial charge in [-0.2, -0.15) is 0 Å². The summed E-state index contributed by atoms with van der Waals surface area (Å²) >= 11 is 0. The van der Waals surface area contributed by atoms with E-state index in [1.54, 1.807) is 0 Å². The zero-order chi connectivity index (χ0) is 13.1. The summed E-state index contributed by atoms with van der Waals surface area (Å²) in [7, 11) is 0. The summed E-state index contributed by atoms with van der Waals surface area (Å²) in [5, 5.41) is 2.39. The fourth-order valence-electron chi connectivity index (χ4n) is 2.35. The van der Waals surface area contributed by atoms with Gasteiger partial charge in [-0.3, -0.25) is 0 Å². The Labute approximate surface area is 112 Å². The van der Waals surface area contributed by atoms with E-state index in [4.69, 9.17) is 4.42 Å². The molecule has 0 saturated heterocycles. The summed E-state index contributed by atoms with van der Waals surface area (Å²) in [6.07, 6.45) is 9.18. The van der Waals surface area contributed by atoms with Gasteiger partial charge in [-0.15, -0.1) is 0 Å². The van der Waals surface area contributed by atoms with Crippen LogP contribution in [0.1, 0.15) is 12.5 Å². The minimum absolute atomic E-state index is 0.890. The van der Waals surface area contributed by atoms with E-state index in [0.29, 0.717) is 0 Å². The molecule has 1 heteroatoms. The number of hydrogen-bond donors (Lipinski definition) is 0. The van der Waals surface area contributed by atoms with Crippen molar-refractivity contribution in [1.29, 1.82) is 0 Å². The summed E-state index contributed by atoms with van der Waals surface area (Å²) < 4.78 is 5.99. The topological polar surface area (TPSA) is 13.1 Å². The minimum atomic E-state index is 0.890. The summed E-state index contributed by atoms with van der Waals surface area (Å²) in [5.74, 6) is 0. The van der Waals surface area contributed by atoms with Crippen molar-refractivity contribution < 1.29 is 4.42 Å². The molecule has 0 N–H and O–H groups in total. The number of benzene rings is 2. The lowest BCUT2D eigenvalue weighted by Gasteiger charge is -1.97. The van der Waals surface area contributed by atoms with Gasteiger partial charge in [-0.1, -0.05) is 60.7 Å². The molecule has 0 aliphatic carbocycles. The molecule has 2 aromatic carbocycles. The van der Waals surface area contributed by atoms with Gasteiger partial charge in [0.2, 0.25) is 0 Å². The summed E-state index contributed by atoms with van der Waals surface area (Å²) in [5.41, 5.74) is 3.20. The molecule has 1 heterocycles. The highest BCUT2D eigenvalue weighted by Crippen LogP contribution is 2.30. The maximum Gasteiger partial charge on any atom is 0.138 e. The Balaban J connectivity index is 2.10. The van der Waals surface area contributed by atoms with Crippen molar-refractivity contribution in [2.45, 2.75) is 13.3 Å². The van der Waals surface area contributed by atoms with Gasteiger partial charge in [0.05, 0.1) is 0 Å². The molecule has 0 aliphatic rings. The number of rotatable bonds is 3. The molecule has 3 rings (SSSR count). The lowest BCUT2D eigenvalue weighted by molar-refractivity contribution is 0.664. The molecule has 0 saturated carbocycles. The third kappa shape index (κ3) is 2.19. The van der Waals surface area contributed by atoms with Gasteiger partial charge in [0.15, 0.2) is 0 Å². The van der Waals surface area contributed by atoms with E-state index in [1.165, 1.54) is 16.3 Å². The van der Waals surface area contributed by atoms with E-state index in [0.717, 1.165) is 17.6 Å². The molecule has 3 aromatic rings. The Kier molecular flexibility index (Phi) is 3.20. The van der Waals surface area contributed by atoms with Crippen LogP contribution in [0, 0.1) is 0 Å². The van der Waals surface area contributed by atoms with Crippen LogP contribution in [-0.4, -0.2) is 0 Å². The van der Waals surface area contributed by atoms with Crippen LogP contribution in [0.15, 0.2) is 71.2 Å². The molecule has 0 fully saturated rings. The molecule has 0 unspecified atom stereocenters. The molecule has 0 spiro atoms. The Morgan fingerprint density at radius 1 is 0.947 bits per heavy atom. The van der Waals surface area contributed by atoms with Gasteiger partial charge in [-0.05, 0) is 25.0 Å². The molecular weight excluding hydrogens is 232 g/mol. The number of para-hydroxylation sites is 2. The molecule has 1 nitrogen and oxygen atoms in total. The van der Waals surface area contributed by atoms with Crippen molar-refractivity contribution in [2.75, 3.05) is 0 Å². The van der Waals surface area contributed by atoms with Crippen molar-refractivity contribution in [2.24, 2.45) is 0 Å². The standard InChI is InChI=1S/C18H16O/c1-2-3-4-5-9-14-10-8-12-16-15-11-6-7-13-17(15)19-18(14)16/h2-8,10-13H,9H2,1H3/b3-2-,5-4-. The molecule has 19 heavy (non-hydrogen) atoms. The van der Waals surface area contributed by atoms with E-state index in [-0.39, 0.29) is 0 Å². The lowest BCUT2D eigenvalue weighted by atomic mass is 10.1. The third-order valence-corrected chi connectivity index (χ3v) is 3.26. The zero-order valence-corrected chi connectivity index (χ0v) is 11.0. The van der Waals surface area contributed by atoms with Crippen LogP contribution >= 0.6 is 0 Å². The Bertz CT molecular complexity index is 760. The zero-order valence-electron chi connectivity index (χ0n) is 11.0. The van der Waals surface area contributed by atoms with Gasteiger partial charge in [-0.25, -0.2) is 0 Å². The van der Waals surface area contributed by atoms with E-state index in [1.807, 2.05) is 31.2 Å². The smallest absolute Gasteiger partial charge is 0.138 e. The third-order valence-electron chi connectivity index (χ3n) is 3.26. The van der Waals surface area contributed by atoms with E-state index in [9.17, 15) is 0 Å². The van der Waals surface area contributed by atoms with E-state index in [2.05, 4.69) is 42.5 Å². The second-order valence-electron chi connectivity index (χ2n) is 4.55. The van der Waals surface area contributed by atoms with Crippen LogP contribution in [0.3, 0.4) is 0 Å². The van der Waals surface area contributed by atoms with Crippen LogP contribution < -0.4 is 0 Å². The first-order valence-electron chi connectivity index (χ1n) is 6.57. The van der Waals surface area contributed by atoms with Crippen LogP contribution in [0.2, 0.25) is 0 Å². The van der Waals surface area contributed by atoms with Gasteiger partial charge in [0.25, 0.3) is 0 Å². The predicted molar refractivity (Wildman–Crippen MR) is 81.4 cm³/mol. The average Bonchev–Trinajstić information content (AvgIpc) is 2.83. The fraction of sp³-hybridized carbons (Fsp3) is 0.111. The second kappa shape index (κ2) is 5.15. The fourth-order valence-corrected chi connectivity index (χ4v) is 2.35. The number of furan rings is 1. The van der Waals surface area contributed by atoms with Crippen LogP contribution in [0.25, 0.3) is 21.9 Å². The largest absolute Gasteiger partial charge is 0.456 e. The number of hydrogen-bond acceptors (Lipinski definition) is 1. The quantitative estimate of drug-likeness (QED) is 0.576. The summed E-state index contributed by atoms with van der Waals surface area (Å²) in [4.78, 5) is 0. The molecule has 94 valence electrons. The molecule has 0 radical (unpaired) electrons. The molecule has 0 bridgehead atoms. The van der Waals surface area contributed by atoms with Gasteiger partial charge >= 0.3 is 0 Å². The molecule has 0 aliphatic heterocycles.